The summed E-state index contributed by atoms with van der Waals surface area (Å²) in [7, 11) is 1.53. The number of carboxylic acids is 1. The molecule has 1 aromatic rings. The van der Waals surface area contributed by atoms with Crippen LogP contribution in [-0.2, 0) is 9.53 Å². The van der Waals surface area contributed by atoms with Crippen LogP contribution in [0.15, 0.2) is 18.2 Å². The Labute approximate surface area is 125 Å². The third kappa shape index (κ3) is 4.79. The number of benzene rings is 1. The van der Waals surface area contributed by atoms with E-state index in [1.807, 2.05) is 22.6 Å². The topological polar surface area (TPSA) is 75.6 Å². The van der Waals surface area contributed by atoms with Crippen LogP contribution >= 0.6 is 22.6 Å². The van der Waals surface area contributed by atoms with E-state index in [1.165, 1.54) is 13.2 Å². The van der Waals surface area contributed by atoms with Crippen molar-refractivity contribution in [1.29, 1.82) is 0 Å². The summed E-state index contributed by atoms with van der Waals surface area (Å²) in [5.74, 6) is -1.35. The zero-order valence-electron chi connectivity index (χ0n) is 11.0. The van der Waals surface area contributed by atoms with Gasteiger partial charge in [-0.1, -0.05) is 0 Å². The molecule has 0 spiro atoms. The highest BCUT2D eigenvalue weighted by Crippen LogP contribution is 2.21. The molecule has 1 amide bonds. The first-order valence-corrected chi connectivity index (χ1v) is 6.71. The number of amides is 1. The second kappa shape index (κ2) is 6.33. The first-order valence-electron chi connectivity index (χ1n) is 5.63. The van der Waals surface area contributed by atoms with E-state index in [-0.39, 0.29) is 17.9 Å². The van der Waals surface area contributed by atoms with E-state index in [2.05, 4.69) is 5.32 Å². The number of ether oxygens (including phenoxy) is 1. The molecule has 5 nitrogen and oxygen atoms in total. The molecule has 19 heavy (non-hydrogen) atoms. The highest BCUT2D eigenvalue weighted by Gasteiger charge is 2.22. The van der Waals surface area contributed by atoms with Gasteiger partial charge in [-0.25, -0.2) is 4.79 Å². The molecule has 0 radical (unpaired) electrons. The maximum absolute atomic E-state index is 11.9. The van der Waals surface area contributed by atoms with E-state index < -0.39 is 11.6 Å². The van der Waals surface area contributed by atoms with E-state index in [0.29, 0.717) is 5.69 Å². The molecule has 2 N–H and O–H groups in total. The molecule has 0 aliphatic heterocycles. The zero-order chi connectivity index (χ0) is 14.6. The Hall–Kier alpha value is -1.15. The first-order chi connectivity index (χ1) is 8.75. The summed E-state index contributed by atoms with van der Waals surface area (Å²) in [4.78, 5) is 23.0. The second-order valence-corrected chi connectivity index (χ2v) is 5.93. The van der Waals surface area contributed by atoms with E-state index >= 15 is 0 Å². The minimum absolute atomic E-state index is 0.0791. The molecule has 0 aliphatic carbocycles. The Morgan fingerprint density at radius 2 is 2.05 bits per heavy atom. The minimum atomic E-state index is -1.07. The van der Waals surface area contributed by atoms with Gasteiger partial charge in [0.05, 0.1) is 23.3 Å². The van der Waals surface area contributed by atoms with E-state index in [4.69, 9.17) is 9.84 Å². The second-order valence-electron chi connectivity index (χ2n) is 4.68. The van der Waals surface area contributed by atoms with Gasteiger partial charge in [-0.05, 0) is 54.6 Å². The molecule has 0 saturated carbocycles. The van der Waals surface area contributed by atoms with Crippen molar-refractivity contribution in [3.05, 3.63) is 27.3 Å². The van der Waals surface area contributed by atoms with Crippen molar-refractivity contribution in [3.63, 3.8) is 0 Å². The van der Waals surface area contributed by atoms with E-state index in [1.54, 1.807) is 26.0 Å². The number of halogens is 1. The van der Waals surface area contributed by atoms with Crippen LogP contribution in [-0.4, -0.2) is 29.7 Å². The number of nitrogens with one attached hydrogen (secondary N) is 1. The Kier molecular flexibility index (Phi) is 5.30. The monoisotopic (exact) mass is 377 g/mol. The van der Waals surface area contributed by atoms with Crippen LogP contribution in [0.4, 0.5) is 5.69 Å². The summed E-state index contributed by atoms with van der Waals surface area (Å²) in [6.45, 7) is 3.58. The number of rotatable bonds is 5. The van der Waals surface area contributed by atoms with Crippen LogP contribution in [0.5, 0.6) is 0 Å². The first kappa shape index (κ1) is 15.9. The van der Waals surface area contributed by atoms with Gasteiger partial charge in [-0.15, -0.1) is 0 Å². The van der Waals surface area contributed by atoms with E-state index in [0.717, 1.165) is 3.57 Å². The number of methoxy groups -OCH3 is 1. The number of hydrogen-bond donors (Lipinski definition) is 2. The van der Waals surface area contributed by atoms with Crippen LogP contribution in [0, 0.1) is 3.57 Å². The van der Waals surface area contributed by atoms with Crippen molar-refractivity contribution in [1.82, 2.24) is 0 Å². The van der Waals surface area contributed by atoms with E-state index in [9.17, 15) is 9.59 Å². The summed E-state index contributed by atoms with van der Waals surface area (Å²) in [6.07, 6.45) is 0.147. The predicted molar refractivity (Wildman–Crippen MR) is 80.5 cm³/mol. The van der Waals surface area contributed by atoms with Crippen molar-refractivity contribution in [2.75, 3.05) is 12.4 Å². The molecular weight excluding hydrogens is 361 g/mol. The van der Waals surface area contributed by atoms with Crippen molar-refractivity contribution >= 4 is 40.2 Å². The molecule has 0 aliphatic rings. The van der Waals surface area contributed by atoms with Gasteiger partial charge < -0.3 is 15.2 Å². The average Bonchev–Trinajstić information content (AvgIpc) is 2.30. The highest BCUT2D eigenvalue weighted by molar-refractivity contribution is 14.1. The normalized spacial score (nSPS) is 11.2. The van der Waals surface area contributed by atoms with Gasteiger partial charge >= 0.3 is 5.97 Å². The molecule has 0 heterocycles. The summed E-state index contributed by atoms with van der Waals surface area (Å²) in [5.41, 5.74) is -0.211. The van der Waals surface area contributed by atoms with Gasteiger partial charge in [-0.3, -0.25) is 4.79 Å². The standard InChI is InChI=1S/C13H16INO4/c1-13(2,19-3)7-11(16)15-10-5-4-8(14)6-9(10)12(17)18/h4-6H,7H2,1-3H3,(H,15,16)(H,17,18). The summed E-state index contributed by atoms with van der Waals surface area (Å²) in [6, 6.07) is 4.84. The van der Waals surface area contributed by atoms with Crippen molar-refractivity contribution in [2.24, 2.45) is 0 Å². The molecular formula is C13H16INO4. The molecule has 104 valence electrons. The van der Waals surface area contributed by atoms with Crippen molar-refractivity contribution in [2.45, 2.75) is 25.9 Å². The lowest BCUT2D eigenvalue weighted by molar-refractivity contribution is -0.121. The van der Waals surface area contributed by atoms with Gasteiger partial charge in [0.1, 0.15) is 0 Å². The van der Waals surface area contributed by atoms with Gasteiger partial charge in [0, 0.05) is 10.7 Å². The fraction of sp³-hybridized carbons (Fsp3) is 0.385. The zero-order valence-corrected chi connectivity index (χ0v) is 13.1. The lowest BCUT2D eigenvalue weighted by atomic mass is 10.0. The molecule has 0 saturated heterocycles. The Bertz CT molecular complexity index is 499. The Morgan fingerprint density at radius 3 is 2.58 bits per heavy atom. The molecule has 1 rings (SSSR count). The molecule has 0 fully saturated rings. The largest absolute Gasteiger partial charge is 0.478 e. The van der Waals surface area contributed by atoms with Gasteiger partial charge in [0.2, 0.25) is 5.91 Å². The number of carbonyl (C=O) groups is 2. The van der Waals surface area contributed by atoms with Gasteiger partial charge in [0.15, 0.2) is 0 Å². The number of aromatic carboxylic acids is 1. The van der Waals surface area contributed by atoms with Gasteiger partial charge in [0.25, 0.3) is 0 Å². The SMILES string of the molecule is COC(C)(C)CC(=O)Nc1ccc(I)cc1C(=O)O. The van der Waals surface area contributed by atoms with Crippen LogP contribution < -0.4 is 5.32 Å². The molecule has 6 heteroatoms. The molecule has 0 bridgehead atoms. The number of hydrogen-bond acceptors (Lipinski definition) is 3. The van der Waals surface area contributed by atoms with Crippen LogP contribution in [0.25, 0.3) is 0 Å². The van der Waals surface area contributed by atoms with Crippen molar-refractivity contribution in [3.8, 4) is 0 Å². The van der Waals surface area contributed by atoms with Gasteiger partial charge in [-0.2, -0.15) is 0 Å². The fourth-order valence-electron chi connectivity index (χ4n) is 1.46. The maximum Gasteiger partial charge on any atom is 0.337 e. The van der Waals surface area contributed by atoms with Crippen molar-refractivity contribution < 1.29 is 19.4 Å². The predicted octanol–water partition coefficient (Wildman–Crippen LogP) is 2.74. The average molecular weight is 377 g/mol. The molecule has 0 unspecified atom stereocenters. The Morgan fingerprint density at radius 1 is 1.42 bits per heavy atom. The Balaban J connectivity index is 2.88. The fourth-order valence-corrected chi connectivity index (χ4v) is 1.95. The number of anilines is 1. The number of carboxylic acid groups (broad SMARTS) is 1. The number of carbonyl (C=O) groups excluding carboxylic acids is 1. The summed E-state index contributed by atoms with van der Waals surface area (Å²) < 4.78 is 5.96. The minimum Gasteiger partial charge on any atom is -0.478 e. The van der Waals surface area contributed by atoms with Crippen LogP contribution in [0.2, 0.25) is 0 Å². The maximum atomic E-state index is 11.9. The van der Waals surface area contributed by atoms with Crippen LogP contribution in [0.1, 0.15) is 30.6 Å². The molecule has 1 aromatic carbocycles. The van der Waals surface area contributed by atoms with Crippen LogP contribution in [0.3, 0.4) is 0 Å². The third-order valence-corrected chi connectivity index (χ3v) is 3.30. The summed E-state index contributed by atoms with van der Waals surface area (Å²) in [5, 5.41) is 11.7. The molecule has 0 atom stereocenters. The molecule has 0 aromatic heterocycles. The quantitative estimate of drug-likeness (QED) is 0.774. The lowest BCUT2D eigenvalue weighted by Crippen LogP contribution is -2.29. The lowest BCUT2D eigenvalue weighted by Gasteiger charge is -2.22. The highest BCUT2D eigenvalue weighted by atomic mass is 127. The smallest absolute Gasteiger partial charge is 0.337 e. The summed E-state index contributed by atoms with van der Waals surface area (Å²) >= 11 is 2.02. The third-order valence-electron chi connectivity index (χ3n) is 2.62.